The van der Waals surface area contributed by atoms with Crippen molar-refractivity contribution < 1.29 is 22.7 Å². The van der Waals surface area contributed by atoms with E-state index in [0.717, 1.165) is 44.6 Å². The van der Waals surface area contributed by atoms with Crippen LogP contribution in [0.3, 0.4) is 0 Å². The number of amides is 1. The summed E-state index contributed by atoms with van der Waals surface area (Å²) in [4.78, 5) is 20.2. The number of likely N-dealkylation sites (N-methyl/N-ethyl adjacent to an activating group) is 1. The first kappa shape index (κ1) is 24.9. The van der Waals surface area contributed by atoms with Crippen LogP contribution in [-0.2, 0) is 22.3 Å². The van der Waals surface area contributed by atoms with Gasteiger partial charge in [-0.3, -0.25) is 4.79 Å². The summed E-state index contributed by atoms with van der Waals surface area (Å²) in [5.41, 5.74) is -0.252. The van der Waals surface area contributed by atoms with Crippen LogP contribution in [0.15, 0.2) is 29.3 Å². The molecule has 0 spiro atoms. The fraction of sp³-hybridized carbons (Fsp3) is 0.619. The molecule has 0 unspecified atom stereocenters. The van der Waals surface area contributed by atoms with E-state index in [0.29, 0.717) is 18.1 Å². The first-order valence-corrected chi connectivity index (χ1v) is 10.3. The largest absolute Gasteiger partial charge is 0.416 e. The summed E-state index contributed by atoms with van der Waals surface area (Å²) in [6.07, 6.45) is -2.60. The molecule has 0 atom stereocenters. The number of rotatable bonds is 8. The highest BCUT2D eigenvalue weighted by Crippen LogP contribution is 2.29. The van der Waals surface area contributed by atoms with E-state index in [-0.39, 0.29) is 25.0 Å². The van der Waals surface area contributed by atoms with Gasteiger partial charge in [0, 0.05) is 46.9 Å². The molecular weight excluding hydrogens is 411 g/mol. The van der Waals surface area contributed by atoms with E-state index in [9.17, 15) is 18.0 Å². The van der Waals surface area contributed by atoms with Gasteiger partial charge in [-0.2, -0.15) is 13.2 Å². The van der Waals surface area contributed by atoms with Gasteiger partial charge >= 0.3 is 6.18 Å². The Morgan fingerprint density at radius 3 is 2.61 bits per heavy atom. The van der Waals surface area contributed by atoms with Gasteiger partial charge in [0.2, 0.25) is 5.91 Å². The molecule has 1 fully saturated rings. The summed E-state index contributed by atoms with van der Waals surface area (Å²) in [5, 5.41) is 6.33. The standard InChI is InChI=1S/C21H32F3N5O2/c1-28(2)19(30)15-26-20(27-18-7-9-29(10-8-18)11-12-31-3)25-14-16-5-4-6-17(13-16)21(22,23)24/h4-6,13,18H,7-12,14-15H2,1-3H3,(H2,25,26,27). The zero-order valence-electron chi connectivity index (χ0n) is 18.3. The maximum atomic E-state index is 13.0. The summed E-state index contributed by atoms with van der Waals surface area (Å²) in [6.45, 7) is 3.53. The molecule has 0 saturated carbocycles. The first-order valence-electron chi connectivity index (χ1n) is 10.3. The summed E-state index contributed by atoms with van der Waals surface area (Å²) in [7, 11) is 5.00. The molecule has 0 bridgehead atoms. The first-order chi connectivity index (χ1) is 14.7. The maximum absolute atomic E-state index is 13.0. The van der Waals surface area contributed by atoms with Crippen LogP contribution in [0.25, 0.3) is 0 Å². The minimum absolute atomic E-state index is 0.0497. The monoisotopic (exact) mass is 443 g/mol. The molecule has 0 aromatic heterocycles. The molecule has 1 amide bonds. The molecule has 1 saturated heterocycles. The van der Waals surface area contributed by atoms with Crippen molar-refractivity contribution >= 4 is 11.9 Å². The normalized spacial score (nSPS) is 16.3. The number of methoxy groups -OCH3 is 1. The summed E-state index contributed by atoms with van der Waals surface area (Å²) in [5.74, 6) is 0.297. The van der Waals surface area contributed by atoms with E-state index >= 15 is 0 Å². The van der Waals surface area contributed by atoms with Crippen LogP contribution in [-0.4, -0.2) is 81.7 Å². The van der Waals surface area contributed by atoms with Gasteiger partial charge in [0.05, 0.1) is 25.3 Å². The van der Waals surface area contributed by atoms with E-state index in [1.165, 1.54) is 11.0 Å². The molecule has 1 aliphatic heterocycles. The van der Waals surface area contributed by atoms with Gasteiger partial charge in [0.25, 0.3) is 0 Å². The van der Waals surface area contributed by atoms with Crippen LogP contribution in [0.5, 0.6) is 0 Å². The second-order valence-corrected chi connectivity index (χ2v) is 7.76. The number of ether oxygens (including phenoxy) is 1. The fourth-order valence-electron chi connectivity index (χ4n) is 3.20. The Balaban J connectivity index is 2.02. The predicted octanol–water partition coefficient (Wildman–Crippen LogP) is 1.94. The molecule has 7 nitrogen and oxygen atoms in total. The fourth-order valence-corrected chi connectivity index (χ4v) is 3.20. The third-order valence-electron chi connectivity index (χ3n) is 5.12. The van der Waals surface area contributed by atoms with Crippen LogP contribution in [0.2, 0.25) is 0 Å². The number of likely N-dealkylation sites (tertiary alicyclic amines) is 1. The number of piperidine rings is 1. The van der Waals surface area contributed by atoms with Gasteiger partial charge in [-0.05, 0) is 30.5 Å². The lowest BCUT2D eigenvalue weighted by atomic mass is 10.1. The number of guanidine groups is 1. The van der Waals surface area contributed by atoms with Gasteiger partial charge < -0.3 is 25.2 Å². The maximum Gasteiger partial charge on any atom is 0.416 e. The highest BCUT2D eigenvalue weighted by atomic mass is 19.4. The number of nitrogens with zero attached hydrogens (tertiary/aromatic N) is 3. The van der Waals surface area contributed by atoms with Crippen LogP contribution in [0, 0.1) is 0 Å². The minimum atomic E-state index is -4.39. The van der Waals surface area contributed by atoms with Crippen molar-refractivity contribution in [3.05, 3.63) is 35.4 Å². The average molecular weight is 444 g/mol. The molecule has 2 rings (SSSR count). The molecule has 2 N–H and O–H groups in total. The van der Waals surface area contributed by atoms with Gasteiger partial charge in [0.15, 0.2) is 5.96 Å². The number of carbonyl (C=O) groups is 1. The van der Waals surface area contributed by atoms with E-state index in [4.69, 9.17) is 4.74 Å². The summed E-state index contributed by atoms with van der Waals surface area (Å²) < 4.78 is 44.0. The van der Waals surface area contributed by atoms with Crippen LogP contribution < -0.4 is 10.6 Å². The Kier molecular flexibility index (Phi) is 9.57. The number of halogens is 3. The number of hydrogen-bond donors (Lipinski definition) is 2. The van der Waals surface area contributed by atoms with Crippen molar-refractivity contribution in [2.75, 3.05) is 54.0 Å². The average Bonchev–Trinajstić information content (AvgIpc) is 2.74. The number of hydrogen-bond acceptors (Lipinski definition) is 4. The lowest BCUT2D eigenvalue weighted by Gasteiger charge is -2.33. The molecule has 1 aliphatic rings. The highest BCUT2D eigenvalue weighted by Gasteiger charge is 2.30. The smallest absolute Gasteiger partial charge is 0.383 e. The number of alkyl halides is 3. The zero-order chi connectivity index (χ0) is 22.9. The number of benzene rings is 1. The third kappa shape index (κ3) is 8.74. The number of aliphatic imine (C=N–C) groups is 1. The van der Waals surface area contributed by atoms with Crippen molar-refractivity contribution in [3.8, 4) is 0 Å². The number of carbonyl (C=O) groups excluding carboxylic acids is 1. The molecule has 174 valence electrons. The van der Waals surface area contributed by atoms with Crippen LogP contribution in [0.4, 0.5) is 13.2 Å². The second kappa shape index (κ2) is 11.9. The van der Waals surface area contributed by atoms with Crippen molar-refractivity contribution in [1.29, 1.82) is 0 Å². The van der Waals surface area contributed by atoms with Crippen molar-refractivity contribution in [2.24, 2.45) is 4.99 Å². The lowest BCUT2D eigenvalue weighted by molar-refractivity contribution is -0.137. The van der Waals surface area contributed by atoms with Crippen molar-refractivity contribution in [3.63, 3.8) is 0 Å². The van der Waals surface area contributed by atoms with E-state index in [2.05, 4.69) is 20.5 Å². The van der Waals surface area contributed by atoms with Gasteiger partial charge in [-0.15, -0.1) is 0 Å². The zero-order valence-corrected chi connectivity index (χ0v) is 18.3. The quantitative estimate of drug-likeness (QED) is 0.475. The van der Waals surface area contributed by atoms with Crippen molar-refractivity contribution in [2.45, 2.75) is 31.6 Å². The summed E-state index contributed by atoms with van der Waals surface area (Å²) >= 11 is 0. The SMILES string of the molecule is COCCN1CCC(NC(=NCc2cccc(C(F)(F)F)c2)NCC(=O)N(C)C)CC1. The van der Waals surface area contributed by atoms with Crippen molar-refractivity contribution in [1.82, 2.24) is 20.4 Å². The highest BCUT2D eigenvalue weighted by molar-refractivity contribution is 5.86. The van der Waals surface area contributed by atoms with Gasteiger partial charge in [0.1, 0.15) is 0 Å². The topological polar surface area (TPSA) is 69.2 Å². The number of nitrogens with one attached hydrogen (secondary N) is 2. The summed E-state index contributed by atoms with van der Waals surface area (Å²) in [6, 6.07) is 5.29. The van der Waals surface area contributed by atoms with Crippen LogP contribution in [0.1, 0.15) is 24.0 Å². The van der Waals surface area contributed by atoms with Crippen LogP contribution >= 0.6 is 0 Å². The van der Waals surface area contributed by atoms with E-state index in [1.54, 1.807) is 27.3 Å². The Morgan fingerprint density at radius 1 is 1.29 bits per heavy atom. The Hall–Kier alpha value is -2.33. The molecule has 31 heavy (non-hydrogen) atoms. The van der Waals surface area contributed by atoms with Gasteiger partial charge in [-0.1, -0.05) is 12.1 Å². The molecule has 10 heteroatoms. The van der Waals surface area contributed by atoms with E-state index in [1.807, 2.05) is 0 Å². The molecule has 1 aromatic carbocycles. The predicted molar refractivity (Wildman–Crippen MR) is 114 cm³/mol. The second-order valence-electron chi connectivity index (χ2n) is 7.76. The Morgan fingerprint density at radius 2 is 2.00 bits per heavy atom. The Labute approximate surface area is 181 Å². The Bertz CT molecular complexity index is 732. The van der Waals surface area contributed by atoms with E-state index < -0.39 is 11.7 Å². The molecular formula is C21H32F3N5O2. The minimum Gasteiger partial charge on any atom is -0.383 e. The molecule has 1 heterocycles. The molecule has 0 aliphatic carbocycles. The van der Waals surface area contributed by atoms with Gasteiger partial charge in [-0.25, -0.2) is 4.99 Å². The third-order valence-corrected chi connectivity index (χ3v) is 5.12. The molecule has 0 radical (unpaired) electrons. The molecule has 1 aromatic rings. The lowest BCUT2D eigenvalue weighted by Crippen LogP contribution is -2.50.